The lowest BCUT2D eigenvalue weighted by Crippen LogP contribution is -2.34. The van der Waals surface area contributed by atoms with Crippen molar-refractivity contribution < 1.29 is 27.5 Å². The second kappa shape index (κ2) is 6.93. The molecule has 0 radical (unpaired) electrons. The lowest BCUT2D eigenvalue weighted by molar-refractivity contribution is -0.171. The number of anilines is 2. The minimum Gasteiger partial charge on any atom is -0.465 e. The van der Waals surface area contributed by atoms with Crippen LogP contribution < -0.4 is 10.6 Å². The zero-order chi connectivity index (χ0) is 19.8. The molecule has 0 saturated heterocycles. The predicted molar refractivity (Wildman–Crippen MR) is 90.9 cm³/mol. The molecule has 0 aliphatic carbocycles. The van der Waals surface area contributed by atoms with Crippen molar-refractivity contribution in [1.82, 2.24) is 9.78 Å². The van der Waals surface area contributed by atoms with E-state index in [1.165, 1.54) is 19.2 Å². The average molecular weight is 382 g/mol. The highest BCUT2D eigenvalue weighted by molar-refractivity contribution is 6.08. The number of esters is 1. The number of nitrogens with zero attached hydrogens (tertiary/aromatic N) is 2. The third-order valence-electron chi connectivity index (χ3n) is 4.32. The summed E-state index contributed by atoms with van der Waals surface area (Å²) < 4.78 is 44.8. The summed E-state index contributed by atoms with van der Waals surface area (Å²) >= 11 is 0. The number of alkyl halides is 3. The van der Waals surface area contributed by atoms with Crippen molar-refractivity contribution in [3.8, 4) is 0 Å². The number of carbonyl (C=O) groups is 2. The van der Waals surface area contributed by atoms with Gasteiger partial charge in [0.1, 0.15) is 11.4 Å². The van der Waals surface area contributed by atoms with Crippen LogP contribution in [0.5, 0.6) is 0 Å². The fraction of sp³-hybridized carbons (Fsp3) is 0.353. The van der Waals surface area contributed by atoms with Crippen molar-refractivity contribution in [3.63, 3.8) is 0 Å². The van der Waals surface area contributed by atoms with E-state index in [1.54, 1.807) is 13.0 Å². The molecule has 2 heterocycles. The number of benzene rings is 1. The van der Waals surface area contributed by atoms with E-state index in [9.17, 15) is 22.8 Å². The first-order valence-electron chi connectivity index (χ1n) is 8.10. The number of hydrogen-bond donors (Lipinski definition) is 2. The van der Waals surface area contributed by atoms with Crippen LogP contribution in [0.15, 0.2) is 24.4 Å². The smallest absolute Gasteiger partial charge is 0.410 e. The van der Waals surface area contributed by atoms with E-state index in [1.807, 2.05) is 0 Å². The largest absolute Gasteiger partial charge is 0.465 e. The molecule has 1 amide bonds. The van der Waals surface area contributed by atoms with Crippen LogP contribution in [-0.2, 0) is 4.74 Å². The van der Waals surface area contributed by atoms with Gasteiger partial charge in [-0.2, -0.15) is 18.3 Å². The van der Waals surface area contributed by atoms with E-state index in [0.29, 0.717) is 16.8 Å². The molecule has 0 saturated carbocycles. The molecule has 1 atom stereocenters. The summed E-state index contributed by atoms with van der Waals surface area (Å²) in [4.78, 5) is 24.1. The molecule has 1 aromatic heterocycles. The maximum Gasteiger partial charge on any atom is 0.410 e. The number of aryl methyl sites for hydroxylation is 1. The van der Waals surface area contributed by atoms with Crippen LogP contribution in [0.4, 0.5) is 24.7 Å². The van der Waals surface area contributed by atoms with Crippen LogP contribution in [0.1, 0.15) is 38.7 Å². The molecule has 1 aromatic carbocycles. The van der Waals surface area contributed by atoms with E-state index in [0.717, 1.165) is 10.9 Å². The van der Waals surface area contributed by atoms with Gasteiger partial charge < -0.3 is 15.4 Å². The number of ether oxygens (including phenoxy) is 1. The Labute approximate surface area is 152 Å². The van der Waals surface area contributed by atoms with E-state index >= 15 is 0 Å². The lowest BCUT2D eigenvalue weighted by atomic mass is 10.1. The average Bonchev–Trinajstić information content (AvgIpc) is 3.05. The Morgan fingerprint density at radius 2 is 2.11 bits per heavy atom. The van der Waals surface area contributed by atoms with Gasteiger partial charge in [-0.15, -0.1) is 0 Å². The molecule has 1 aliphatic heterocycles. The molecular weight excluding hydrogens is 365 g/mol. The highest BCUT2D eigenvalue weighted by atomic mass is 19.4. The Balaban J connectivity index is 1.84. The quantitative estimate of drug-likeness (QED) is 0.797. The number of hydrogen-bond acceptors (Lipinski definition) is 5. The molecule has 1 aliphatic rings. The molecule has 10 heteroatoms. The van der Waals surface area contributed by atoms with Gasteiger partial charge in [0.25, 0.3) is 5.91 Å². The third-order valence-corrected chi connectivity index (χ3v) is 4.32. The molecule has 7 nitrogen and oxygen atoms in total. The Kier molecular flexibility index (Phi) is 4.81. The summed E-state index contributed by atoms with van der Waals surface area (Å²) in [5.74, 6) is -1.07. The molecule has 3 rings (SSSR count). The normalized spacial score (nSPS) is 16.3. The van der Waals surface area contributed by atoms with Crippen molar-refractivity contribution in [3.05, 3.63) is 41.1 Å². The second-order valence-corrected chi connectivity index (χ2v) is 6.10. The lowest BCUT2D eigenvalue weighted by Gasteiger charge is -2.27. The van der Waals surface area contributed by atoms with Crippen molar-refractivity contribution >= 4 is 23.4 Å². The van der Waals surface area contributed by atoms with Crippen LogP contribution in [0, 0.1) is 6.92 Å². The fourth-order valence-corrected chi connectivity index (χ4v) is 2.93. The van der Waals surface area contributed by atoms with Gasteiger partial charge in [-0.1, -0.05) is 0 Å². The Hall–Kier alpha value is -3.04. The SMILES string of the molecule is COC(=O)c1ccc(NC(=O)c2cnn3c2NCCC3C(F)(F)F)c(C)c1. The summed E-state index contributed by atoms with van der Waals surface area (Å²) in [5.41, 5.74) is 1.37. The van der Waals surface area contributed by atoms with Gasteiger partial charge in [0.05, 0.1) is 18.9 Å². The van der Waals surface area contributed by atoms with Crippen LogP contribution in [0.2, 0.25) is 0 Å². The first-order valence-corrected chi connectivity index (χ1v) is 8.10. The maximum atomic E-state index is 13.1. The second-order valence-electron chi connectivity index (χ2n) is 6.10. The first-order chi connectivity index (χ1) is 12.7. The molecule has 1 unspecified atom stereocenters. The summed E-state index contributed by atoms with van der Waals surface area (Å²) in [6.45, 7) is 1.77. The molecule has 0 bridgehead atoms. The van der Waals surface area contributed by atoms with Crippen molar-refractivity contribution in [1.29, 1.82) is 0 Å². The molecular formula is C17H17F3N4O3. The number of fused-ring (bicyclic) bond motifs is 1. The molecule has 2 N–H and O–H groups in total. The minimum atomic E-state index is -4.45. The highest BCUT2D eigenvalue weighted by Crippen LogP contribution is 2.38. The topological polar surface area (TPSA) is 85.2 Å². The summed E-state index contributed by atoms with van der Waals surface area (Å²) in [5, 5.41) is 9.19. The van der Waals surface area contributed by atoms with Gasteiger partial charge in [0.2, 0.25) is 0 Å². The summed E-state index contributed by atoms with van der Waals surface area (Å²) in [6, 6.07) is 2.80. The van der Waals surface area contributed by atoms with Crippen molar-refractivity contribution in [2.75, 3.05) is 24.3 Å². The van der Waals surface area contributed by atoms with Crippen LogP contribution in [-0.4, -0.2) is 41.5 Å². The standard InChI is InChI=1S/C17H17F3N4O3/c1-9-7-10(16(26)27-2)3-4-12(9)23-15(25)11-8-22-24-13(17(18,19)20)5-6-21-14(11)24/h3-4,7-8,13,21H,5-6H2,1-2H3,(H,23,25). The van der Waals surface area contributed by atoms with E-state index in [2.05, 4.69) is 20.5 Å². The van der Waals surface area contributed by atoms with Crippen molar-refractivity contribution in [2.24, 2.45) is 0 Å². The van der Waals surface area contributed by atoms with Crippen LogP contribution in [0.3, 0.4) is 0 Å². The third kappa shape index (κ3) is 3.60. The number of amides is 1. The van der Waals surface area contributed by atoms with Crippen LogP contribution in [0.25, 0.3) is 0 Å². The molecule has 0 fully saturated rings. The molecule has 144 valence electrons. The van der Waals surface area contributed by atoms with E-state index < -0.39 is 24.1 Å². The Bertz CT molecular complexity index is 892. The first kappa shape index (κ1) is 18.7. The molecule has 27 heavy (non-hydrogen) atoms. The number of halogens is 3. The van der Waals surface area contributed by atoms with Gasteiger partial charge >= 0.3 is 12.1 Å². The highest BCUT2D eigenvalue weighted by Gasteiger charge is 2.44. The minimum absolute atomic E-state index is 0.0143. The fourth-order valence-electron chi connectivity index (χ4n) is 2.93. The van der Waals surface area contributed by atoms with Gasteiger partial charge in [0, 0.05) is 12.2 Å². The summed E-state index contributed by atoms with van der Waals surface area (Å²) in [6.07, 6.45) is -3.50. The monoisotopic (exact) mass is 382 g/mol. The number of methoxy groups -OCH3 is 1. The Morgan fingerprint density at radius 1 is 1.37 bits per heavy atom. The number of carbonyl (C=O) groups excluding carboxylic acids is 2. The molecule has 2 aromatic rings. The van der Waals surface area contributed by atoms with Gasteiger partial charge in [0.15, 0.2) is 6.04 Å². The summed E-state index contributed by atoms with van der Waals surface area (Å²) in [7, 11) is 1.26. The molecule has 0 spiro atoms. The van der Waals surface area contributed by atoms with Gasteiger partial charge in [-0.05, 0) is 37.1 Å². The zero-order valence-corrected chi connectivity index (χ0v) is 14.6. The zero-order valence-electron chi connectivity index (χ0n) is 14.6. The number of aromatic nitrogens is 2. The van der Waals surface area contributed by atoms with E-state index in [4.69, 9.17) is 0 Å². The van der Waals surface area contributed by atoms with Crippen LogP contribution >= 0.6 is 0 Å². The maximum absolute atomic E-state index is 13.1. The Morgan fingerprint density at radius 3 is 2.74 bits per heavy atom. The predicted octanol–water partition coefficient (Wildman–Crippen LogP) is 3.15. The van der Waals surface area contributed by atoms with E-state index in [-0.39, 0.29) is 24.3 Å². The number of rotatable bonds is 3. The van der Waals surface area contributed by atoms with Gasteiger partial charge in [-0.25, -0.2) is 9.48 Å². The van der Waals surface area contributed by atoms with Crippen molar-refractivity contribution in [2.45, 2.75) is 25.6 Å². The number of nitrogens with one attached hydrogen (secondary N) is 2. The van der Waals surface area contributed by atoms with Gasteiger partial charge in [-0.3, -0.25) is 4.79 Å².